The third-order valence-corrected chi connectivity index (χ3v) is 4.75. The molecule has 0 spiro atoms. The van der Waals surface area contributed by atoms with Crippen LogP contribution in [0.3, 0.4) is 0 Å². The van der Waals surface area contributed by atoms with E-state index in [2.05, 4.69) is 6.92 Å². The van der Waals surface area contributed by atoms with Crippen LogP contribution in [0.5, 0.6) is 0 Å². The lowest BCUT2D eigenvalue weighted by Crippen LogP contribution is -1.84. The molecule has 147 valence electrons. The van der Waals surface area contributed by atoms with Gasteiger partial charge in [-0.2, -0.15) is 0 Å². The van der Waals surface area contributed by atoms with Crippen LogP contribution in [0, 0.1) is 0 Å². The van der Waals surface area contributed by atoms with Gasteiger partial charge in [-0.1, -0.05) is 139 Å². The van der Waals surface area contributed by atoms with Crippen LogP contribution in [0.15, 0.2) is 0 Å². The first kappa shape index (κ1) is 27.5. The number of hydrogen-bond acceptors (Lipinski definition) is 0. The SMILES string of the molecule is CCCCCCCCCCCCCCCCCCCCCl.Cl[P]Cl. The fourth-order valence-electron chi connectivity index (χ4n) is 3.00. The molecule has 0 saturated heterocycles. The van der Waals surface area contributed by atoms with Crippen LogP contribution in [0.4, 0.5) is 0 Å². The minimum atomic E-state index is 0.361. The molecule has 0 aliphatic heterocycles. The number of halogens is 3. The van der Waals surface area contributed by atoms with Gasteiger partial charge in [0, 0.05) is 5.88 Å². The average molecular weight is 419 g/mol. The van der Waals surface area contributed by atoms with Crippen LogP contribution in [0.1, 0.15) is 122 Å². The van der Waals surface area contributed by atoms with Crippen LogP contribution in [0.25, 0.3) is 0 Å². The molecule has 0 aromatic carbocycles. The summed E-state index contributed by atoms with van der Waals surface area (Å²) in [6.07, 6.45) is 25.8. The molecular weight excluding hydrogens is 378 g/mol. The quantitative estimate of drug-likeness (QED) is 0.118. The summed E-state index contributed by atoms with van der Waals surface area (Å²) < 4.78 is 0. The molecule has 0 rings (SSSR count). The summed E-state index contributed by atoms with van der Waals surface area (Å²) in [4.78, 5) is 0. The van der Waals surface area contributed by atoms with Gasteiger partial charge in [0.2, 0.25) is 0 Å². The summed E-state index contributed by atoms with van der Waals surface area (Å²) in [6.45, 7) is 2.29. The standard InChI is InChI=1S/C20H41Cl.Cl2P/c1-2-3-4-5-6-7-8-9-10-11-12-13-14-15-16-17-18-19-20-21;1-3-2/h2-20H2,1H3;. The van der Waals surface area contributed by atoms with Gasteiger partial charge in [-0.15, -0.1) is 11.6 Å². The van der Waals surface area contributed by atoms with Gasteiger partial charge in [0.05, 0.1) is 0 Å². The van der Waals surface area contributed by atoms with Crippen LogP contribution in [0.2, 0.25) is 0 Å². The van der Waals surface area contributed by atoms with Crippen LogP contribution < -0.4 is 0 Å². The Morgan fingerprint density at radius 1 is 0.458 bits per heavy atom. The van der Waals surface area contributed by atoms with E-state index in [1.165, 1.54) is 116 Å². The minimum Gasteiger partial charge on any atom is -0.127 e. The zero-order valence-electron chi connectivity index (χ0n) is 16.0. The topological polar surface area (TPSA) is 0 Å². The Kier molecular flexibility index (Phi) is 33.3. The third-order valence-electron chi connectivity index (χ3n) is 4.49. The highest BCUT2D eigenvalue weighted by molar-refractivity contribution is 7.90. The lowest BCUT2D eigenvalue weighted by atomic mass is 10.0. The van der Waals surface area contributed by atoms with Gasteiger partial charge in [0.15, 0.2) is 0 Å². The molecule has 0 aliphatic rings. The molecule has 0 aliphatic carbocycles. The second-order valence-corrected chi connectivity index (χ2v) is 8.80. The van der Waals surface area contributed by atoms with Gasteiger partial charge in [0.1, 0.15) is 7.29 Å². The Balaban J connectivity index is 0. The summed E-state index contributed by atoms with van der Waals surface area (Å²) in [5.74, 6) is 0.846. The molecule has 4 heteroatoms. The summed E-state index contributed by atoms with van der Waals surface area (Å²) in [5, 5.41) is 0. The van der Waals surface area contributed by atoms with E-state index in [1.807, 2.05) is 0 Å². The van der Waals surface area contributed by atoms with Crippen LogP contribution >= 0.6 is 41.4 Å². The Bertz CT molecular complexity index is 174. The molecule has 0 nitrogen and oxygen atoms in total. The van der Waals surface area contributed by atoms with Crippen molar-refractivity contribution < 1.29 is 0 Å². The second kappa shape index (κ2) is 29.1. The van der Waals surface area contributed by atoms with Gasteiger partial charge < -0.3 is 0 Å². The van der Waals surface area contributed by atoms with Gasteiger partial charge in [-0.05, 0) is 6.42 Å². The molecule has 0 atom stereocenters. The zero-order valence-corrected chi connectivity index (χ0v) is 19.2. The van der Waals surface area contributed by atoms with Crippen molar-refractivity contribution >= 4 is 41.4 Å². The van der Waals surface area contributed by atoms with Crippen molar-refractivity contribution in [2.75, 3.05) is 5.88 Å². The van der Waals surface area contributed by atoms with Crippen molar-refractivity contribution in [3.8, 4) is 0 Å². The van der Waals surface area contributed by atoms with E-state index in [9.17, 15) is 0 Å². The highest BCUT2D eigenvalue weighted by Crippen LogP contribution is 2.19. The minimum absolute atomic E-state index is 0.361. The number of unbranched alkanes of at least 4 members (excludes halogenated alkanes) is 17. The fraction of sp³-hybridized carbons (Fsp3) is 1.00. The Labute approximate surface area is 169 Å². The van der Waals surface area contributed by atoms with E-state index < -0.39 is 0 Å². The Morgan fingerprint density at radius 3 is 0.875 bits per heavy atom. The largest absolute Gasteiger partial charge is 0.141 e. The second-order valence-electron chi connectivity index (χ2n) is 6.76. The lowest BCUT2D eigenvalue weighted by molar-refractivity contribution is 0.526. The monoisotopic (exact) mass is 417 g/mol. The normalized spacial score (nSPS) is 10.5. The Morgan fingerprint density at radius 2 is 0.667 bits per heavy atom. The van der Waals surface area contributed by atoms with Gasteiger partial charge in [-0.3, -0.25) is 0 Å². The highest BCUT2D eigenvalue weighted by Gasteiger charge is 1.94. The molecule has 0 aromatic heterocycles. The molecule has 0 N–H and O–H groups in total. The maximum atomic E-state index is 5.67. The number of alkyl halides is 1. The Hall–Kier alpha value is 1.30. The van der Waals surface area contributed by atoms with E-state index in [4.69, 9.17) is 34.1 Å². The first-order valence-electron chi connectivity index (χ1n) is 10.3. The van der Waals surface area contributed by atoms with Crippen LogP contribution in [-0.4, -0.2) is 5.88 Å². The molecule has 0 fully saturated rings. The van der Waals surface area contributed by atoms with E-state index in [0.717, 1.165) is 5.88 Å². The lowest BCUT2D eigenvalue weighted by Gasteiger charge is -2.03. The first-order chi connectivity index (χ1) is 11.8. The molecular formula is C20H41Cl3P. The van der Waals surface area contributed by atoms with Gasteiger partial charge >= 0.3 is 0 Å². The summed E-state index contributed by atoms with van der Waals surface area (Å²) in [5.41, 5.74) is 0. The number of rotatable bonds is 18. The maximum Gasteiger partial charge on any atom is 0.141 e. The molecule has 0 saturated carbocycles. The zero-order chi connectivity index (χ0) is 18.1. The predicted octanol–water partition coefficient (Wildman–Crippen LogP) is 10.5. The van der Waals surface area contributed by atoms with Crippen molar-refractivity contribution in [2.45, 2.75) is 122 Å². The average Bonchev–Trinajstić information content (AvgIpc) is 2.58. The van der Waals surface area contributed by atoms with E-state index in [0.29, 0.717) is 7.29 Å². The fourth-order valence-corrected chi connectivity index (χ4v) is 3.19. The smallest absolute Gasteiger partial charge is 0.127 e. The van der Waals surface area contributed by atoms with E-state index >= 15 is 0 Å². The molecule has 0 aromatic rings. The molecule has 1 radical (unpaired) electrons. The van der Waals surface area contributed by atoms with Crippen molar-refractivity contribution in [2.24, 2.45) is 0 Å². The summed E-state index contributed by atoms with van der Waals surface area (Å²) in [6, 6.07) is 0. The number of hydrogen-bond donors (Lipinski definition) is 0. The summed E-state index contributed by atoms with van der Waals surface area (Å²) >= 11 is 15.1. The third kappa shape index (κ3) is 31.1. The first-order valence-corrected chi connectivity index (χ1v) is 13.6. The van der Waals surface area contributed by atoms with Crippen molar-refractivity contribution in [3.63, 3.8) is 0 Å². The van der Waals surface area contributed by atoms with Crippen LogP contribution in [-0.2, 0) is 0 Å². The van der Waals surface area contributed by atoms with E-state index in [-0.39, 0.29) is 0 Å². The summed E-state index contributed by atoms with van der Waals surface area (Å²) in [7, 11) is 0.361. The van der Waals surface area contributed by atoms with Crippen molar-refractivity contribution in [3.05, 3.63) is 0 Å². The molecule has 0 amide bonds. The molecule has 24 heavy (non-hydrogen) atoms. The predicted molar refractivity (Wildman–Crippen MR) is 118 cm³/mol. The van der Waals surface area contributed by atoms with Gasteiger partial charge in [-0.25, -0.2) is 0 Å². The van der Waals surface area contributed by atoms with Crippen molar-refractivity contribution in [1.29, 1.82) is 0 Å². The maximum absolute atomic E-state index is 5.67. The molecule has 0 unspecified atom stereocenters. The van der Waals surface area contributed by atoms with Crippen molar-refractivity contribution in [1.82, 2.24) is 0 Å². The molecule has 0 bridgehead atoms. The van der Waals surface area contributed by atoms with E-state index in [1.54, 1.807) is 0 Å². The van der Waals surface area contributed by atoms with Gasteiger partial charge in [0.25, 0.3) is 0 Å². The molecule has 0 heterocycles. The highest BCUT2D eigenvalue weighted by atomic mass is 35.9.